The minimum absolute atomic E-state index is 0.174. The average Bonchev–Trinajstić information content (AvgIpc) is 2.83. The minimum Gasteiger partial charge on any atom is -0.375 e. The molecule has 108 valence electrons. The van der Waals surface area contributed by atoms with E-state index in [1.165, 1.54) is 32.1 Å². The minimum atomic E-state index is 0.174. The summed E-state index contributed by atoms with van der Waals surface area (Å²) in [5.74, 6) is 0.211. The van der Waals surface area contributed by atoms with Crippen molar-refractivity contribution < 1.29 is 9.53 Å². The standard InChI is InChI=1S/C15H26N2O2/c18-14-5-4-13(17-14)11-16-12-6-9-19-15(10-12)7-2-1-3-8-15/h12-13,16H,1-11H2,(H,17,18). The molecule has 0 radical (unpaired) electrons. The second kappa shape index (κ2) is 5.80. The van der Waals surface area contributed by atoms with Crippen molar-refractivity contribution in [2.75, 3.05) is 13.2 Å². The van der Waals surface area contributed by atoms with Crippen LogP contribution in [0.1, 0.15) is 57.8 Å². The molecule has 1 aliphatic carbocycles. The van der Waals surface area contributed by atoms with E-state index < -0.39 is 0 Å². The molecule has 2 N–H and O–H groups in total. The number of hydrogen-bond donors (Lipinski definition) is 2. The predicted octanol–water partition coefficient (Wildman–Crippen LogP) is 1.74. The van der Waals surface area contributed by atoms with E-state index in [1.54, 1.807) is 0 Å². The summed E-state index contributed by atoms with van der Waals surface area (Å²) in [5, 5.41) is 6.69. The first-order valence-corrected chi connectivity index (χ1v) is 7.93. The van der Waals surface area contributed by atoms with Gasteiger partial charge in [-0.05, 0) is 32.1 Å². The Labute approximate surface area is 115 Å². The largest absolute Gasteiger partial charge is 0.375 e. The van der Waals surface area contributed by atoms with E-state index in [0.29, 0.717) is 18.5 Å². The van der Waals surface area contributed by atoms with Gasteiger partial charge in [0.1, 0.15) is 0 Å². The summed E-state index contributed by atoms with van der Waals surface area (Å²) in [5.41, 5.74) is 0.174. The molecule has 0 bridgehead atoms. The fourth-order valence-corrected chi connectivity index (χ4v) is 3.89. The van der Waals surface area contributed by atoms with Crippen LogP contribution in [0.4, 0.5) is 0 Å². The Kier molecular flexibility index (Phi) is 4.08. The van der Waals surface area contributed by atoms with Gasteiger partial charge in [-0.2, -0.15) is 0 Å². The van der Waals surface area contributed by atoms with Crippen LogP contribution in [0.5, 0.6) is 0 Å². The maximum Gasteiger partial charge on any atom is 0.220 e. The monoisotopic (exact) mass is 266 g/mol. The van der Waals surface area contributed by atoms with Gasteiger partial charge < -0.3 is 15.4 Å². The third-order valence-corrected chi connectivity index (χ3v) is 5.00. The van der Waals surface area contributed by atoms with Crippen molar-refractivity contribution in [1.29, 1.82) is 0 Å². The molecule has 3 rings (SSSR count). The number of nitrogens with one attached hydrogen (secondary N) is 2. The normalized spacial score (nSPS) is 34.4. The Hall–Kier alpha value is -0.610. The summed E-state index contributed by atoms with van der Waals surface area (Å²) in [7, 11) is 0. The highest BCUT2D eigenvalue weighted by molar-refractivity contribution is 5.78. The highest BCUT2D eigenvalue weighted by atomic mass is 16.5. The van der Waals surface area contributed by atoms with Gasteiger partial charge in [0.2, 0.25) is 5.91 Å². The second-order valence-corrected chi connectivity index (χ2v) is 6.49. The quantitative estimate of drug-likeness (QED) is 0.818. The number of rotatable bonds is 3. The molecule has 4 nitrogen and oxygen atoms in total. The van der Waals surface area contributed by atoms with Gasteiger partial charge in [-0.1, -0.05) is 19.3 Å². The van der Waals surface area contributed by atoms with E-state index >= 15 is 0 Å². The summed E-state index contributed by atoms with van der Waals surface area (Å²) in [6, 6.07) is 0.919. The lowest BCUT2D eigenvalue weighted by Gasteiger charge is -2.44. The summed E-state index contributed by atoms with van der Waals surface area (Å²) in [4.78, 5) is 11.2. The van der Waals surface area contributed by atoms with Gasteiger partial charge in [0.15, 0.2) is 0 Å². The van der Waals surface area contributed by atoms with E-state index in [9.17, 15) is 4.79 Å². The first-order valence-electron chi connectivity index (χ1n) is 7.93. The van der Waals surface area contributed by atoms with Gasteiger partial charge in [0.05, 0.1) is 5.60 Å². The molecule has 2 saturated heterocycles. The van der Waals surface area contributed by atoms with Crippen molar-refractivity contribution in [3.05, 3.63) is 0 Å². The van der Waals surface area contributed by atoms with Gasteiger partial charge in [0.25, 0.3) is 0 Å². The van der Waals surface area contributed by atoms with Crippen LogP contribution in [-0.4, -0.2) is 36.7 Å². The third kappa shape index (κ3) is 3.29. The molecule has 0 aromatic rings. The molecule has 1 saturated carbocycles. The maximum atomic E-state index is 11.2. The molecule has 19 heavy (non-hydrogen) atoms. The molecule has 2 aliphatic heterocycles. The summed E-state index contributed by atoms with van der Waals surface area (Å²) in [6.07, 6.45) is 10.5. The average molecular weight is 266 g/mol. The van der Waals surface area contributed by atoms with Crippen LogP contribution in [0.25, 0.3) is 0 Å². The van der Waals surface area contributed by atoms with Crippen LogP contribution in [0, 0.1) is 0 Å². The third-order valence-electron chi connectivity index (χ3n) is 5.00. The number of amides is 1. The van der Waals surface area contributed by atoms with E-state index in [4.69, 9.17) is 4.74 Å². The molecule has 2 atom stereocenters. The van der Waals surface area contributed by atoms with E-state index in [2.05, 4.69) is 10.6 Å². The van der Waals surface area contributed by atoms with Crippen LogP contribution >= 0.6 is 0 Å². The predicted molar refractivity (Wildman–Crippen MR) is 74.0 cm³/mol. The zero-order valence-corrected chi connectivity index (χ0v) is 11.7. The Morgan fingerprint density at radius 3 is 2.84 bits per heavy atom. The molecule has 1 amide bonds. The lowest BCUT2D eigenvalue weighted by Crippen LogP contribution is -2.50. The van der Waals surface area contributed by atoms with Crippen molar-refractivity contribution in [1.82, 2.24) is 10.6 Å². The number of ether oxygens (including phenoxy) is 1. The van der Waals surface area contributed by atoms with Crippen molar-refractivity contribution >= 4 is 5.91 Å². The molecule has 2 unspecified atom stereocenters. The summed E-state index contributed by atoms with van der Waals surface area (Å²) < 4.78 is 6.12. The highest BCUT2D eigenvalue weighted by Gasteiger charge is 2.38. The van der Waals surface area contributed by atoms with E-state index in [-0.39, 0.29) is 11.5 Å². The van der Waals surface area contributed by atoms with Crippen LogP contribution in [0.2, 0.25) is 0 Å². The zero-order valence-electron chi connectivity index (χ0n) is 11.7. The molecule has 1 spiro atoms. The molecular formula is C15H26N2O2. The molecule has 3 aliphatic rings. The van der Waals surface area contributed by atoms with Crippen molar-refractivity contribution in [3.63, 3.8) is 0 Å². The maximum absolute atomic E-state index is 11.2. The number of carbonyl (C=O) groups excluding carboxylic acids is 1. The topological polar surface area (TPSA) is 50.4 Å². The highest BCUT2D eigenvalue weighted by Crippen LogP contribution is 2.38. The first kappa shape index (κ1) is 13.4. The number of carbonyl (C=O) groups is 1. The fraction of sp³-hybridized carbons (Fsp3) is 0.933. The van der Waals surface area contributed by atoms with Crippen LogP contribution in [0.15, 0.2) is 0 Å². The van der Waals surface area contributed by atoms with Crippen molar-refractivity contribution in [2.24, 2.45) is 0 Å². The lowest BCUT2D eigenvalue weighted by molar-refractivity contribution is -0.119. The SMILES string of the molecule is O=C1CCC(CNC2CCOC3(CCCCC3)C2)N1. The Balaban J connectivity index is 1.47. The summed E-state index contributed by atoms with van der Waals surface area (Å²) in [6.45, 7) is 1.82. The van der Waals surface area contributed by atoms with Gasteiger partial charge in [0, 0.05) is 31.7 Å². The van der Waals surface area contributed by atoms with Gasteiger partial charge >= 0.3 is 0 Å². The summed E-state index contributed by atoms with van der Waals surface area (Å²) >= 11 is 0. The molecule has 0 aromatic carbocycles. The van der Waals surface area contributed by atoms with Gasteiger partial charge in [-0.3, -0.25) is 4.79 Å². The second-order valence-electron chi connectivity index (χ2n) is 6.49. The van der Waals surface area contributed by atoms with Crippen molar-refractivity contribution in [3.8, 4) is 0 Å². The van der Waals surface area contributed by atoms with Crippen LogP contribution in [-0.2, 0) is 9.53 Å². The lowest BCUT2D eigenvalue weighted by atomic mass is 9.78. The molecular weight excluding hydrogens is 240 g/mol. The molecule has 2 heterocycles. The van der Waals surface area contributed by atoms with Crippen LogP contribution < -0.4 is 10.6 Å². The molecule has 0 aromatic heterocycles. The molecule has 3 fully saturated rings. The molecule has 4 heteroatoms. The van der Waals surface area contributed by atoms with E-state index in [0.717, 1.165) is 32.4 Å². The van der Waals surface area contributed by atoms with Crippen molar-refractivity contribution in [2.45, 2.75) is 75.5 Å². The fourth-order valence-electron chi connectivity index (χ4n) is 3.89. The van der Waals surface area contributed by atoms with E-state index in [1.807, 2.05) is 0 Å². The Morgan fingerprint density at radius 1 is 1.26 bits per heavy atom. The Bertz CT molecular complexity index is 321. The van der Waals surface area contributed by atoms with Crippen LogP contribution in [0.3, 0.4) is 0 Å². The number of hydrogen-bond acceptors (Lipinski definition) is 3. The smallest absolute Gasteiger partial charge is 0.220 e. The zero-order chi connectivity index (χ0) is 13.1. The Morgan fingerprint density at radius 2 is 2.11 bits per heavy atom. The van der Waals surface area contributed by atoms with Gasteiger partial charge in [-0.25, -0.2) is 0 Å². The first-order chi connectivity index (χ1) is 9.26. The van der Waals surface area contributed by atoms with Gasteiger partial charge in [-0.15, -0.1) is 0 Å².